The molecule has 0 aliphatic carbocycles. The van der Waals surface area contributed by atoms with E-state index in [2.05, 4.69) is 10.3 Å². The van der Waals surface area contributed by atoms with Crippen molar-refractivity contribution in [3.05, 3.63) is 58.5 Å². The summed E-state index contributed by atoms with van der Waals surface area (Å²) in [6.45, 7) is -0.0854. The van der Waals surface area contributed by atoms with Crippen LogP contribution in [0.5, 0.6) is 5.88 Å². The molecule has 0 fully saturated rings. The van der Waals surface area contributed by atoms with E-state index in [4.69, 9.17) is 16.3 Å². The van der Waals surface area contributed by atoms with Gasteiger partial charge in [0.15, 0.2) is 0 Å². The lowest BCUT2D eigenvalue weighted by atomic mass is 10.1. The number of aliphatic hydroxyl groups excluding tert-OH is 1. The Balaban J connectivity index is 2.02. The van der Waals surface area contributed by atoms with Gasteiger partial charge in [-0.1, -0.05) is 17.7 Å². The third-order valence-electron chi connectivity index (χ3n) is 2.99. The van der Waals surface area contributed by atoms with Gasteiger partial charge in [0.1, 0.15) is 11.4 Å². The van der Waals surface area contributed by atoms with Crippen LogP contribution < -0.4 is 10.1 Å². The number of pyridine rings is 1. The Bertz CT molecular complexity index is 682. The lowest BCUT2D eigenvalue weighted by Crippen LogP contribution is -2.28. The monoisotopic (exact) mass is 324 g/mol. The summed E-state index contributed by atoms with van der Waals surface area (Å²) in [5.41, 5.74) is 0.569. The minimum absolute atomic E-state index is 0.0277. The van der Waals surface area contributed by atoms with Crippen molar-refractivity contribution >= 4 is 17.5 Å². The maximum absolute atomic E-state index is 13.3. The SMILES string of the molecule is COc1ncccc1C(=O)NCC(O)c1ccc(Cl)c(F)c1. The molecule has 5 nitrogen and oxygen atoms in total. The number of benzene rings is 1. The predicted molar refractivity (Wildman–Crippen MR) is 79.5 cm³/mol. The van der Waals surface area contributed by atoms with E-state index in [1.807, 2.05) is 0 Å². The number of aromatic nitrogens is 1. The van der Waals surface area contributed by atoms with Crippen LogP contribution in [0.3, 0.4) is 0 Å². The topological polar surface area (TPSA) is 71.5 Å². The summed E-state index contributed by atoms with van der Waals surface area (Å²) in [7, 11) is 1.41. The van der Waals surface area contributed by atoms with E-state index in [0.29, 0.717) is 5.56 Å². The molecule has 2 N–H and O–H groups in total. The number of rotatable bonds is 5. The lowest BCUT2D eigenvalue weighted by Gasteiger charge is -2.13. The molecule has 1 atom stereocenters. The number of ether oxygens (including phenoxy) is 1. The zero-order chi connectivity index (χ0) is 16.1. The second-order valence-corrected chi connectivity index (χ2v) is 4.87. The smallest absolute Gasteiger partial charge is 0.256 e. The Morgan fingerprint density at radius 3 is 2.95 bits per heavy atom. The molecule has 0 aliphatic rings. The molecule has 22 heavy (non-hydrogen) atoms. The van der Waals surface area contributed by atoms with Crippen molar-refractivity contribution in [1.29, 1.82) is 0 Å². The Kier molecular flexibility index (Phi) is 5.30. The Morgan fingerprint density at radius 2 is 2.27 bits per heavy atom. The summed E-state index contributed by atoms with van der Waals surface area (Å²) in [5, 5.41) is 12.5. The van der Waals surface area contributed by atoms with Crippen LogP contribution in [0.15, 0.2) is 36.5 Å². The molecule has 1 aromatic heterocycles. The van der Waals surface area contributed by atoms with Gasteiger partial charge in [0, 0.05) is 12.7 Å². The van der Waals surface area contributed by atoms with Crippen LogP contribution in [0.25, 0.3) is 0 Å². The Hall–Kier alpha value is -2.18. The zero-order valence-corrected chi connectivity index (χ0v) is 12.5. The number of amides is 1. The van der Waals surface area contributed by atoms with Gasteiger partial charge >= 0.3 is 0 Å². The van der Waals surface area contributed by atoms with Crippen molar-refractivity contribution in [3.8, 4) is 5.88 Å². The quantitative estimate of drug-likeness (QED) is 0.885. The number of carbonyl (C=O) groups is 1. The van der Waals surface area contributed by atoms with Gasteiger partial charge in [0.2, 0.25) is 5.88 Å². The highest BCUT2D eigenvalue weighted by Crippen LogP contribution is 2.20. The number of hydrogen-bond donors (Lipinski definition) is 2. The van der Waals surface area contributed by atoms with Crippen LogP contribution in [0.2, 0.25) is 5.02 Å². The van der Waals surface area contributed by atoms with E-state index in [1.165, 1.54) is 25.4 Å². The number of carbonyl (C=O) groups excluding carboxylic acids is 1. The third kappa shape index (κ3) is 3.72. The molecule has 0 spiro atoms. The van der Waals surface area contributed by atoms with Crippen LogP contribution in [-0.4, -0.2) is 29.7 Å². The minimum Gasteiger partial charge on any atom is -0.480 e. The van der Waals surface area contributed by atoms with E-state index in [9.17, 15) is 14.3 Å². The van der Waals surface area contributed by atoms with E-state index < -0.39 is 17.8 Å². The number of halogens is 2. The maximum atomic E-state index is 13.3. The molecule has 1 unspecified atom stereocenters. The van der Waals surface area contributed by atoms with Crippen LogP contribution in [0, 0.1) is 5.82 Å². The standard InChI is InChI=1S/C15H14ClFN2O3/c1-22-15-10(3-2-6-18-15)14(21)19-8-13(20)9-4-5-11(16)12(17)7-9/h2-7,13,20H,8H2,1H3,(H,19,21). The first-order valence-corrected chi connectivity index (χ1v) is 6.81. The summed E-state index contributed by atoms with van der Waals surface area (Å²) in [6, 6.07) is 7.12. The maximum Gasteiger partial charge on any atom is 0.256 e. The van der Waals surface area contributed by atoms with Gasteiger partial charge in [-0.15, -0.1) is 0 Å². The average molecular weight is 325 g/mol. The molecule has 1 heterocycles. The first kappa shape index (κ1) is 16.2. The van der Waals surface area contributed by atoms with Crippen LogP contribution in [-0.2, 0) is 0 Å². The van der Waals surface area contributed by atoms with E-state index in [1.54, 1.807) is 12.1 Å². The summed E-state index contributed by atoms with van der Waals surface area (Å²) >= 11 is 5.58. The van der Waals surface area contributed by atoms with Crippen molar-refractivity contribution in [2.24, 2.45) is 0 Å². The number of hydrogen-bond acceptors (Lipinski definition) is 4. The highest BCUT2D eigenvalue weighted by atomic mass is 35.5. The van der Waals surface area contributed by atoms with Gasteiger partial charge in [-0.2, -0.15) is 0 Å². The number of nitrogens with zero attached hydrogens (tertiary/aromatic N) is 1. The van der Waals surface area contributed by atoms with Crippen molar-refractivity contribution in [2.75, 3.05) is 13.7 Å². The van der Waals surface area contributed by atoms with Gasteiger partial charge < -0.3 is 15.2 Å². The largest absolute Gasteiger partial charge is 0.480 e. The Morgan fingerprint density at radius 1 is 1.50 bits per heavy atom. The molecule has 2 aromatic rings. The van der Waals surface area contributed by atoms with Crippen LogP contribution in [0.1, 0.15) is 22.0 Å². The van der Waals surface area contributed by atoms with Gasteiger partial charge in [-0.3, -0.25) is 4.79 Å². The predicted octanol–water partition coefficient (Wildman–Crippen LogP) is 2.35. The second-order valence-electron chi connectivity index (χ2n) is 4.46. The summed E-state index contributed by atoms with van der Waals surface area (Å²) in [6.07, 6.45) is 0.444. The molecule has 0 aliphatic heterocycles. The first-order valence-electron chi connectivity index (χ1n) is 6.43. The molecule has 0 saturated carbocycles. The summed E-state index contributed by atoms with van der Waals surface area (Å²) in [5.74, 6) is -0.885. The van der Waals surface area contributed by atoms with Crippen molar-refractivity contribution in [3.63, 3.8) is 0 Å². The molecule has 0 radical (unpaired) electrons. The summed E-state index contributed by atoms with van der Waals surface area (Å²) in [4.78, 5) is 16.0. The number of aliphatic hydroxyl groups is 1. The fraction of sp³-hybridized carbons (Fsp3) is 0.200. The second kappa shape index (κ2) is 7.20. The van der Waals surface area contributed by atoms with Gasteiger partial charge in [0.25, 0.3) is 5.91 Å². The van der Waals surface area contributed by atoms with E-state index in [-0.39, 0.29) is 23.0 Å². The molecular formula is C15H14ClFN2O3. The molecule has 2 rings (SSSR count). The third-order valence-corrected chi connectivity index (χ3v) is 3.30. The van der Waals surface area contributed by atoms with Gasteiger partial charge in [-0.25, -0.2) is 9.37 Å². The van der Waals surface area contributed by atoms with Gasteiger partial charge in [0.05, 0.1) is 18.2 Å². The number of nitrogens with one attached hydrogen (secondary N) is 1. The first-order chi connectivity index (χ1) is 10.5. The zero-order valence-electron chi connectivity index (χ0n) is 11.7. The fourth-order valence-corrected chi connectivity index (χ4v) is 1.97. The molecule has 116 valence electrons. The van der Waals surface area contributed by atoms with Crippen molar-refractivity contribution in [2.45, 2.75) is 6.10 Å². The normalized spacial score (nSPS) is 11.8. The highest BCUT2D eigenvalue weighted by Gasteiger charge is 2.15. The number of methoxy groups -OCH3 is 1. The van der Waals surface area contributed by atoms with Crippen molar-refractivity contribution < 1.29 is 19.0 Å². The van der Waals surface area contributed by atoms with Crippen LogP contribution >= 0.6 is 11.6 Å². The van der Waals surface area contributed by atoms with E-state index >= 15 is 0 Å². The van der Waals surface area contributed by atoms with E-state index in [0.717, 1.165) is 6.07 Å². The molecule has 1 amide bonds. The highest BCUT2D eigenvalue weighted by molar-refractivity contribution is 6.30. The van der Waals surface area contributed by atoms with Gasteiger partial charge in [-0.05, 0) is 29.8 Å². The molecule has 0 saturated heterocycles. The molecular weight excluding hydrogens is 311 g/mol. The molecule has 7 heteroatoms. The summed E-state index contributed by atoms with van der Waals surface area (Å²) < 4.78 is 18.3. The van der Waals surface area contributed by atoms with Crippen molar-refractivity contribution in [1.82, 2.24) is 10.3 Å². The minimum atomic E-state index is -1.06. The average Bonchev–Trinajstić information content (AvgIpc) is 2.54. The molecule has 1 aromatic carbocycles. The Labute approximate surface area is 131 Å². The fourth-order valence-electron chi connectivity index (χ4n) is 1.85. The molecule has 0 bridgehead atoms. The van der Waals surface area contributed by atoms with Crippen LogP contribution in [0.4, 0.5) is 4.39 Å². The lowest BCUT2D eigenvalue weighted by molar-refractivity contribution is 0.0912.